The van der Waals surface area contributed by atoms with E-state index in [1.165, 1.54) is 13.8 Å². The van der Waals surface area contributed by atoms with Crippen molar-refractivity contribution in [2.24, 2.45) is 0 Å². The highest BCUT2D eigenvalue weighted by Gasteiger charge is 1.35. The van der Waals surface area contributed by atoms with Crippen molar-refractivity contribution in [2.75, 3.05) is 0 Å². The fourth-order valence-corrected chi connectivity index (χ4v) is 0. The molecule has 0 aromatic heterocycles. The van der Waals surface area contributed by atoms with Crippen molar-refractivity contribution in [1.82, 2.24) is 0 Å². The second-order valence-corrected chi connectivity index (χ2v) is 2.83. The van der Waals surface area contributed by atoms with Crippen molar-refractivity contribution in [1.29, 1.82) is 0 Å². The third kappa shape index (κ3) is 8850. The molecule has 0 aliphatic heterocycles. The van der Waals surface area contributed by atoms with E-state index in [-0.39, 0.29) is 0 Å². The fraction of sp³-hybridized carbons (Fsp3) is 0.714. The molecule has 0 nitrogen and oxygen atoms in total. The Morgan fingerprint density at radius 1 is 1.80 bits per heavy atom. The van der Waals surface area contributed by atoms with Crippen LogP contribution in [0.2, 0.25) is 0 Å². The molecule has 0 N–H and O–H groups in total. The number of rotatable bonds is 0. The molecule has 0 aromatic carbocycles. The molecular weight excluding hydrogens is 180 g/mol. The van der Waals surface area contributed by atoms with E-state index < -0.39 is 0 Å². The Morgan fingerprint density at radius 3 is 1.80 bits per heavy atom. The second kappa shape index (κ2) is 60.1. The Bertz CT molecular complexity index is 95.6. The maximum absolute atomic E-state index is 5.75. The molecule has 64 valence electrons. The average molecular weight is 201 g/mol. The van der Waals surface area contributed by atoms with E-state index >= 15 is 0 Å². The van der Waals surface area contributed by atoms with Gasteiger partial charge in [-0.05, 0) is 6.92 Å². The monoisotopic (exact) mass is 201 g/mol. The minimum atomic E-state index is 0.917. The van der Waals surface area contributed by atoms with Gasteiger partial charge in [0.15, 0.2) is 0 Å². The fourth-order valence-electron chi connectivity index (χ4n) is 0. The summed E-state index contributed by atoms with van der Waals surface area (Å²) in [4.78, 5) is 0. The molecule has 0 aliphatic carbocycles. The van der Waals surface area contributed by atoms with E-state index in [4.69, 9.17) is 4.34 Å². The van der Waals surface area contributed by atoms with Crippen LogP contribution in [0.1, 0.15) is 38.9 Å². The van der Waals surface area contributed by atoms with Gasteiger partial charge in [0.2, 0.25) is 0 Å². The summed E-state index contributed by atoms with van der Waals surface area (Å²) < 4.78 is 15.8. The molecule has 3 heteroatoms. The van der Waals surface area contributed by atoms with Crippen LogP contribution in [-0.2, 0) is 31.3 Å². The van der Waals surface area contributed by atoms with Crippen LogP contribution in [-0.4, -0.2) is 0 Å². The largest absolute Gasteiger partial charge is 0.120 e. The molecule has 0 bridgehead atoms. The second-order valence-electron chi connectivity index (χ2n) is 1.06. The first-order valence-corrected chi connectivity index (χ1v) is 5.20. The van der Waals surface area contributed by atoms with E-state index in [0.717, 1.165) is 8.88 Å². The van der Waals surface area contributed by atoms with Crippen LogP contribution < -0.4 is 0 Å². The molecule has 0 fully saturated rings. The third-order valence-electron chi connectivity index (χ3n) is 0. The van der Waals surface area contributed by atoms with Crippen LogP contribution in [0.5, 0.6) is 0 Å². The summed E-state index contributed by atoms with van der Waals surface area (Å²) in [5, 5.41) is 0. The lowest BCUT2D eigenvalue weighted by molar-refractivity contribution is 1.09. The summed E-state index contributed by atoms with van der Waals surface area (Å²) in [5.41, 5.74) is 0. The SMILES string of the molecule is C#CC.CCC.S=S=S.[2H]C.[2H][2H]. The lowest BCUT2D eigenvalue weighted by Crippen LogP contribution is -1.27. The Labute approximate surface area is 82.8 Å². The van der Waals surface area contributed by atoms with E-state index in [9.17, 15) is 0 Å². The van der Waals surface area contributed by atoms with Gasteiger partial charge < -0.3 is 0 Å². The van der Waals surface area contributed by atoms with Crippen molar-refractivity contribution in [3.8, 4) is 12.3 Å². The first-order chi connectivity index (χ1) is 6.24. The quantitative estimate of drug-likeness (QED) is 0.553. The zero-order valence-corrected chi connectivity index (χ0v) is 9.46. The van der Waals surface area contributed by atoms with E-state index in [1.54, 1.807) is 6.92 Å². The molecule has 0 saturated heterocycles. The predicted octanol–water partition coefficient (Wildman–Crippen LogP) is 2.93. The Kier molecular flexibility index (Phi) is 77.3. The van der Waals surface area contributed by atoms with Gasteiger partial charge in [0.25, 0.3) is 0 Å². The summed E-state index contributed by atoms with van der Waals surface area (Å²) in [7, 11) is 2.17. The van der Waals surface area contributed by atoms with Gasteiger partial charge >= 0.3 is 0 Å². The summed E-state index contributed by atoms with van der Waals surface area (Å²) >= 11 is 8.25. The molecule has 0 radical (unpaired) electrons. The minimum Gasteiger partial charge on any atom is -0.120 e. The van der Waals surface area contributed by atoms with Crippen LogP contribution in [0.15, 0.2) is 0 Å². The molecule has 0 atom stereocenters. The summed E-state index contributed by atoms with van der Waals surface area (Å²) in [6.07, 6.45) is 5.85. The smallest absolute Gasteiger partial charge is 0.0194 e. The summed E-state index contributed by atoms with van der Waals surface area (Å²) in [5.74, 6) is 2.25. The first-order valence-electron chi connectivity index (χ1n) is 4.54. The van der Waals surface area contributed by atoms with Crippen LogP contribution >= 0.6 is 0 Å². The van der Waals surface area contributed by atoms with Gasteiger partial charge in [0.1, 0.15) is 0 Å². The normalized spacial score (nSPS) is 5.30. The third-order valence-corrected chi connectivity index (χ3v) is 0. The minimum absolute atomic E-state index is 0.917. The average Bonchev–Trinajstić information content (AvgIpc) is 2.14. The molecule has 0 amide bonds. The van der Waals surface area contributed by atoms with E-state index in [0.29, 0.717) is 0 Å². The lowest BCUT2D eigenvalue weighted by Gasteiger charge is -1.48. The van der Waals surface area contributed by atoms with Gasteiger partial charge in [-0.25, -0.2) is 0 Å². The van der Waals surface area contributed by atoms with Crippen LogP contribution in [0.4, 0.5) is 0 Å². The van der Waals surface area contributed by atoms with Crippen molar-refractivity contribution < 1.29 is 4.34 Å². The van der Waals surface area contributed by atoms with Gasteiger partial charge in [-0.3, -0.25) is 0 Å². The zero-order chi connectivity index (χ0) is 12.1. The maximum atomic E-state index is 5.75. The lowest BCUT2D eigenvalue weighted by atomic mass is 10.6. The molecule has 0 unspecified atom stereocenters. The number of hydrogen-bond donors (Lipinski definition) is 0. The Hall–Kier alpha value is 0.220. The molecule has 0 heterocycles. The van der Waals surface area contributed by atoms with Crippen molar-refractivity contribution >= 4 is 31.3 Å². The summed E-state index contributed by atoms with van der Waals surface area (Å²) in [6.45, 7) is 5.90. The van der Waals surface area contributed by atoms with Gasteiger partial charge in [0.05, 0.1) is 0 Å². The van der Waals surface area contributed by atoms with E-state index in [2.05, 4.69) is 48.6 Å². The van der Waals surface area contributed by atoms with Crippen LogP contribution in [0.3, 0.4) is 0 Å². The standard InChI is InChI=1S/C3H8.C3H4.CH4.S3.H2/c2*1-3-2;;1-3-2;/h3H2,1-2H3;1H,2H3;1H4;;1H/i;;1D;;1+1D. The van der Waals surface area contributed by atoms with Gasteiger partial charge in [0, 0.05) is 35.6 Å². The van der Waals surface area contributed by atoms with Gasteiger partial charge in [-0.15, -0.1) is 12.3 Å². The topological polar surface area (TPSA) is 0 Å². The molecule has 0 spiro atoms. The number of terminal acetylenes is 1. The van der Waals surface area contributed by atoms with Crippen molar-refractivity contribution in [2.45, 2.75) is 34.6 Å². The Morgan fingerprint density at radius 2 is 1.80 bits per heavy atom. The molecule has 0 aromatic rings. The Balaban J connectivity index is -0.0000000208. The van der Waals surface area contributed by atoms with Crippen LogP contribution in [0.25, 0.3) is 0 Å². The number of hydrogen-bond acceptors (Lipinski definition) is 2. The van der Waals surface area contributed by atoms with Crippen molar-refractivity contribution in [3.63, 3.8) is 0 Å². The van der Waals surface area contributed by atoms with Crippen LogP contribution in [0, 0.1) is 12.3 Å². The summed E-state index contributed by atoms with van der Waals surface area (Å²) in [6, 6.07) is 0. The highest BCUT2D eigenvalue weighted by Crippen LogP contribution is 1.56. The van der Waals surface area contributed by atoms with Gasteiger partial charge in [-0.2, -0.15) is 0 Å². The molecule has 10 heavy (non-hydrogen) atoms. The highest BCUT2D eigenvalue weighted by molar-refractivity contribution is 8.37. The highest BCUT2D eigenvalue weighted by atomic mass is 33.1. The molecule has 0 aliphatic rings. The molecule has 0 saturated carbocycles. The maximum Gasteiger partial charge on any atom is 0.0194 e. The molecular formula is C7H18S3. The van der Waals surface area contributed by atoms with Gasteiger partial charge in [-0.1, -0.05) is 27.7 Å². The van der Waals surface area contributed by atoms with E-state index in [1.807, 2.05) is 0 Å². The molecule has 0 rings (SSSR count). The first kappa shape index (κ1) is 12.9. The zero-order valence-electron chi connectivity index (χ0n) is 10.0. The van der Waals surface area contributed by atoms with Crippen molar-refractivity contribution in [3.05, 3.63) is 0 Å². The predicted molar refractivity (Wildman–Crippen MR) is 61.4 cm³/mol.